The molecule has 0 saturated heterocycles. The number of ether oxygens (including phenoxy) is 1. The Morgan fingerprint density at radius 3 is 2.86 bits per heavy atom. The Kier molecular flexibility index (Phi) is 4.87. The quantitative estimate of drug-likeness (QED) is 0.917. The highest BCUT2D eigenvalue weighted by atomic mass is 32.1. The number of rotatable bonds is 5. The number of amides is 1. The van der Waals surface area contributed by atoms with Gasteiger partial charge >= 0.3 is 0 Å². The lowest BCUT2D eigenvalue weighted by atomic mass is 10.2. The summed E-state index contributed by atoms with van der Waals surface area (Å²) in [5, 5.41) is 2.39. The standard InChI is InChI=1S/C14H16FN3O2S/c1-18(14(19)11-8-21-13(6-16)17-11)7-9-3-4-12(20-2)10(15)5-9/h3-5,8H,6-7,16H2,1-2H3. The molecule has 21 heavy (non-hydrogen) atoms. The molecule has 5 nitrogen and oxygen atoms in total. The predicted molar refractivity (Wildman–Crippen MR) is 78.8 cm³/mol. The lowest BCUT2D eigenvalue weighted by Gasteiger charge is -2.16. The van der Waals surface area contributed by atoms with Crippen LogP contribution in [-0.4, -0.2) is 29.9 Å². The fourth-order valence-electron chi connectivity index (χ4n) is 1.85. The second-order valence-electron chi connectivity index (χ2n) is 4.46. The molecular formula is C14H16FN3O2S. The van der Waals surface area contributed by atoms with Crippen molar-refractivity contribution in [2.45, 2.75) is 13.1 Å². The molecule has 0 spiro atoms. The molecule has 0 aliphatic rings. The zero-order chi connectivity index (χ0) is 15.4. The molecule has 1 aromatic carbocycles. The van der Waals surface area contributed by atoms with Crippen LogP contribution in [0, 0.1) is 5.82 Å². The third-order valence-corrected chi connectivity index (χ3v) is 3.80. The molecule has 0 saturated carbocycles. The van der Waals surface area contributed by atoms with Gasteiger partial charge in [0.2, 0.25) is 0 Å². The molecule has 112 valence electrons. The highest BCUT2D eigenvalue weighted by Crippen LogP contribution is 2.19. The van der Waals surface area contributed by atoms with Crippen molar-refractivity contribution in [3.63, 3.8) is 0 Å². The van der Waals surface area contributed by atoms with Gasteiger partial charge in [-0.1, -0.05) is 6.07 Å². The van der Waals surface area contributed by atoms with Gasteiger partial charge in [-0.3, -0.25) is 4.79 Å². The van der Waals surface area contributed by atoms with E-state index in [1.807, 2.05) is 0 Å². The maximum atomic E-state index is 13.6. The van der Waals surface area contributed by atoms with Crippen LogP contribution < -0.4 is 10.5 Å². The number of hydrogen-bond donors (Lipinski definition) is 1. The topological polar surface area (TPSA) is 68.5 Å². The van der Waals surface area contributed by atoms with Crippen LogP contribution in [0.25, 0.3) is 0 Å². The van der Waals surface area contributed by atoms with E-state index in [0.717, 1.165) is 0 Å². The number of halogens is 1. The van der Waals surface area contributed by atoms with E-state index >= 15 is 0 Å². The van der Waals surface area contributed by atoms with Crippen molar-refractivity contribution in [1.29, 1.82) is 0 Å². The molecule has 0 radical (unpaired) electrons. The van der Waals surface area contributed by atoms with E-state index in [0.29, 0.717) is 22.8 Å². The van der Waals surface area contributed by atoms with Crippen molar-refractivity contribution in [1.82, 2.24) is 9.88 Å². The van der Waals surface area contributed by atoms with Crippen LogP contribution in [0.15, 0.2) is 23.6 Å². The van der Waals surface area contributed by atoms with Crippen LogP contribution in [0.4, 0.5) is 4.39 Å². The summed E-state index contributed by atoms with van der Waals surface area (Å²) >= 11 is 1.35. The summed E-state index contributed by atoms with van der Waals surface area (Å²) in [7, 11) is 3.05. The number of aromatic nitrogens is 1. The predicted octanol–water partition coefficient (Wildman–Crippen LogP) is 2.02. The van der Waals surface area contributed by atoms with Gasteiger partial charge in [0.1, 0.15) is 10.7 Å². The van der Waals surface area contributed by atoms with Gasteiger partial charge in [0.25, 0.3) is 5.91 Å². The van der Waals surface area contributed by atoms with Gasteiger partial charge in [0.05, 0.1) is 7.11 Å². The third-order valence-electron chi connectivity index (χ3n) is 2.93. The first-order valence-corrected chi connectivity index (χ1v) is 7.15. The van der Waals surface area contributed by atoms with E-state index in [-0.39, 0.29) is 18.2 Å². The highest BCUT2D eigenvalue weighted by molar-refractivity contribution is 7.09. The van der Waals surface area contributed by atoms with E-state index in [1.165, 1.54) is 29.4 Å². The van der Waals surface area contributed by atoms with Gasteiger partial charge in [-0.2, -0.15) is 0 Å². The third kappa shape index (κ3) is 3.56. The molecule has 2 rings (SSSR count). The smallest absolute Gasteiger partial charge is 0.273 e. The van der Waals surface area contributed by atoms with Crippen LogP contribution in [0.3, 0.4) is 0 Å². The fraction of sp³-hybridized carbons (Fsp3) is 0.286. The summed E-state index contributed by atoms with van der Waals surface area (Å²) in [4.78, 5) is 17.8. The first-order chi connectivity index (χ1) is 10.0. The number of nitrogens with zero attached hydrogens (tertiary/aromatic N) is 2. The molecule has 1 aromatic heterocycles. The number of nitrogens with two attached hydrogens (primary N) is 1. The number of hydrogen-bond acceptors (Lipinski definition) is 5. The Morgan fingerprint density at radius 1 is 1.52 bits per heavy atom. The van der Waals surface area contributed by atoms with E-state index < -0.39 is 5.82 Å². The summed E-state index contributed by atoms with van der Waals surface area (Å²) in [5.41, 5.74) is 6.51. The molecule has 7 heteroatoms. The minimum atomic E-state index is -0.449. The minimum Gasteiger partial charge on any atom is -0.494 e. The number of benzene rings is 1. The fourth-order valence-corrected chi connectivity index (χ4v) is 2.50. The summed E-state index contributed by atoms with van der Waals surface area (Å²) in [6.07, 6.45) is 0. The molecule has 1 heterocycles. The van der Waals surface area contributed by atoms with Crippen LogP contribution in [-0.2, 0) is 13.1 Å². The molecule has 0 unspecified atom stereocenters. The van der Waals surface area contributed by atoms with Crippen molar-refractivity contribution in [3.05, 3.63) is 45.7 Å². The zero-order valence-corrected chi connectivity index (χ0v) is 12.6. The molecular weight excluding hydrogens is 293 g/mol. The average molecular weight is 309 g/mol. The van der Waals surface area contributed by atoms with Crippen molar-refractivity contribution in [2.75, 3.05) is 14.2 Å². The molecule has 0 fully saturated rings. The molecule has 0 aliphatic carbocycles. The summed E-state index contributed by atoms with van der Waals surface area (Å²) in [6, 6.07) is 4.62. The van der Waals surface area contributed by atoms with Gasteiger partial charge in [0, 0.05) is 25.5 Å². The van der Waals surface area contributed by atoms with Crippen LogP contribution in [0.1, 0.15) is 21.1 Å². The summed E-state index contributed by atoms with van der Waals surface area (Å²) in [5.74, 6) is -0.489. The molecule has 0 aliphatic heterocycles. The maximum Gasteiger partial charge on any atom is 0.273 e. The number of carbonyl (C=O) groups is 1. The molecule has 2 aromatic rings. The van der Waals surface area contributed by atoms with Crippen molar-refractivity contribution in [3.8, 4) is 5.75 Å². The normalized spacial score (nSPS) is 10.5. The monoisotopic (exact) mass is 309 g/mol. The van der Waals surface area contributed by atoms with E-state index in [1.54, 1.807) is 24.6 Å². The Morgan fingerprint density at radius 2 is 2.29 bits per heavy atom. The first-order valence-electron chi connectivity index (χ1n) is 6.27. The van der Waals surface area contributed by atoms with E-state index in [2.05, 4.69) is 4.98 Å². The Labute approximate surface area is 126 Å². The van der Waals surface area contributed by atoms with Gasteiger partial charge < -0.3 is 15.4 Å². The Hall–Kier alpha value is -1.99. The Balaban J connectivity index is 2.08. The van der Waals surface area contributed by atoms with Crippen LogP contribution in [0.5, 0.6) is 5.75 Å². The summed E-state index contributed by atoms with van der Waals surface area (Å²) < 4.78 is 18.5. The lowest BCUT2D eigenvalue weighted by molar-refractivity contribution is 0.0779. The van der Waals surface area contributed by atoms with Gasteiger partial charge in [-0.25, -0.2) is 9.37 Å². The van der Waals surface area contributed by atoms with Gasteiger partial charge in [-0.15, -0.1) is 11.3 Å². The van der Waals surface area contributed by atoms with Crippen LogP contribution in [0.2, 0.25) is 0 Å². The highest BCUT2D eigenvalue weighted by Gasteiger charge is 2.16. The van der Waals surface area contributed by atoms with Crippen LogP contribution >= 0.6 is 11.3 Å². The molecule has 0 atom stereocenters. The van der Waals surface area contributed by atoms with Crippen molar-refractivity contribution in [2.24, 2.45) is 5.73 Å². The molecule has 1 amide bonds. The van der Waals surface area contributed by atoms with Gasteiger partial charge in [0.15, 0.2) is 11.6 Å². The largest absolute Gasteiger partial charge is 0.494 e. The molecule has 0 bridgehead atoms. The van der Waals surface area contributed by atoms with E-state index in [4.69, 9.17) is 10.5 Å². The maximum absolute atomic E-state index is 13.6. The van der Waals surface area contributed by atoms with Crippen molar-refractivity contribution >= 4 is 17.2 Å². The average Bonchev–Trinajstić information content (AvgIpc) is 2.95. The molecule has 2 N–H and O–H groups in total. The SMILES string of the molecule is COc1ccc(CN(C)C(=O)c2csc(CN)n2)cc1F. The zero-order valence-electron chi connectivity index (χ0n) is 11.8. The number of carbonyl (C=O) groups excluding carboxylic acids is 1. The Bertz CT molecular complexity index is 645. The van der Waals surface area contributed by atoms with E-state index in [9.17, 15) is 9.18 Å². The van der Waals surface area contributed by atoms with Gasteiger partial charge in [-0.05, 0) is 17.7 Å². The lowest BCUT2D eigenvalue weighted by Crippen LogP contribution is -2.26. The first kappa shape index (κ1) is 15.4. The van der Waals surface area contributed by atoms with Crippen molar-refractivity contribution < 1.29 is 13.9 Å². The summed E-state index contributed by atoms with van der Waals surface area (Å²) in [6.45, 7) is 0.598. The minimum absolute atomic E-state index is 0.180. The second-order valence-corrected chi connectivity index (χ2v) is 5.40. The number of thiazole rings is 1. The number of methoxy groups -OCH3 is 1. The second kappa shape index (κ2) is 6.64.